The molecule has 0 bridgehead atoms. The third-order valence-electron chi connectivity index (χ3n) is 3.44. The molecule has 1 aliphatic heterocycles. The van der Waals surface area contributed by atoms with Crippen LogP contribution in [0.1, 0.15) is 18.9 Å². The lowest BCUT2D eigenvalue weighted by molar-refractivity contribution is -0.133. The second kappa shape index (κ2) is 6.10. The van der Waals surface area contributed by atoms with Gasteiger partial charge in [0.1, 0.15) is 0 Å². The van der Waals surface area contributed by atoms with Gasteiger partial charge in [-0.2, -0.15) is 11.8 Å². The maximum atomic E-state index is 10.8. The Morgan fingerprint density at radius 1 is 1.40 bits per heavy atom. The third-order valence-corrected chi connectivity index (χ3v) is 5.43. The number of imidazole rings is 1. The van der Waals surface area contributed by atoms with Crippen molar-refractivity contribution in [3.63, 3.8) is 0 Å². The number of fused-ring (bicyclic) bond motifs is 1. The lowest BCUT2D eigenvalue weighted by atomic mass is 10.1. The fraction of sp³-hybridized carbons (Fsp3) is 0.429. The summed E-state index contributed by atoms with van der Waals surface area (Å²) in [5.74, 6) is 1.60. The summed E-state index contributed by atoms with van der Waals surface area (Å²) in [6.07, 6.45) is 2.26. The number of rotatable bonds is 4. The van der Waals surface area contributed by atoms with E-state index < -0.39 is 5.97 Å². The molecule has 1 saturated heterocycles. The van der Waals surface area contributed by atoms with Crippen LogP contribution in [0.3, 0.4) is 0 Å². The van der Waals surface area contributed by atoms with Crippen LogP contribution in [-0.2, 0) is 4.79 Å². The monoisotopic (exact) mass is 308 g/mol. The Morgan fingerprint density at radius 3 is 2.90 bits per heavy atom. The second-order valence-electron chi connectivity index (χ2n) is 4.78. The predicted molar refractivity (Wildman–Crippen MR) is 83.7 cm³/mol. The molecule has 1 fully saturated rings. The van der Waals surface area contributed by atoms with Gasteiger partial charge in [-0.1, -0.05) is 23.9 Å². The van der Waals surface area contributed by atoms with E-state index in [-0.39, 0.29) is 5.75 Å². The Hall–Kier alpha value is -1.14. The summed E-state index contributed by atoms with van der Waals surface area (Å²) in [7, 11) is 0. The van der Waals surface area contributed by atoms with E-state index in [2.05, 4.69) is 15.6 Å². The molecule has 106 valence electrons. The molecule has 0 atom stereocenters. The fourth-order valence-corrected chi connectivity index (χ4v) is 4.43. The van der Waals surface area contributed by atoms with Gasteiger partial charge in [-0.15, -0.1) is 0 Å². The molecule has 3 rings (SSSR count). The van der Waals surface area contributed by atoms with E-state index in [9.17, 15) is 4.79 Å². The van der Waals surface area contributed by atoms with Crippen molar-refractivity contribution in [3.05, 3.63) is 24.3 Å². The normalized spacial score (nSPS) is 16.6. The lowest BCUT2D eigenvalue weighted by Gasteiger charge is -2.25. The Kier molecular flexibility index (Phi) is 4.21. The van der Waals surface area contributed by atoms with Crippen LogP contribution in [0.4, 0.5) is 0 Å². The number of aliphatic carboxylic acids is 1. The number of nitrogens with zero attached hydrogens (tertiary/aromatic N) is 2. The van der Waals surface area contributed by atoms with Gasteiger partial charge in [0.25, 0.3) is 0 Å². The molecular formula is C14H16N2O2S2. The first-order valence-electron chi connectivity index (χ1n) is 6.65. The molecular weight excluding hydrogens is 292 g/mol. The molecule has 2 aromatic rings. The Bertz CT molecular complexity index is 621. The largest absolute Gasteiger partial charge is 0.481 e. The van der Waals surface area contributed by atoms with Crippen molar-refractivity contribution in [3.8, 4) is 0 Å². The summed E-state index contributed by atoms with van der Waals surface area (Å²) in [6, 6.07) is 8.51. The van der Waals surface area contributed by atoms with Crippen LogP contribution in [0.2, 0.25) is 0 Å². The highest BCUT2D eigenvalue weighted by Crippen LogP contribution is 2.34. The van der Waals surface area contributed by atoms with Crippen molar-refractivity contribution in [1.29, 1.82) is 0 Å². The van der Waals surface area contributed by atoms with Crippen molar-refractivity contribution in [1.82, 2.24) is 9.55 Å². The zero-order valence-electron chi connectivity index (χ0n) is 11.0. The van der Waals surface area contributed by atoms with Crippen molar-refractivity contribution in [2.75, 3.05) is 17.3 Å². The smallest absolute Gasteiger partial charge is 0.313 e. The summed E-state index contributed by atoms with van der Waals surface area (Å²) in [5, 5.41) is 9.73. The van der Waals surface area contributed by atoms with Crippen LogP contribution in [0.5, 0.6) is 0 Å². The van der Waals surface area contributed by atoms with Gasteiger partial charge < -0.3 is 9.67 Å². The van der Waals surface area contributed by atoms with E-state index in [0.717, 1.165) is 29.0 Å². The first-order valence-corrected chi connectivity index (χ1v) is 8.79. The molecule has 1 aromatic heterocycles. The average Bonchev–Trinajstić information content (AvgIpc) is 2.84. The first-order chi connectivity index (χ1) is 9.75. The van der Waals surface area contributed by atoms with Crippen LogP contribution in [-0.4, -0.2) is 37.9 Å². The topological polar surface area (TPSA) is 55.1 Å². The highest BCUT2D eigenvalue weighted by molar-refractivity contribution is 7.99. The number of carbonyl (C=O) groups is 1. The van der Waals surface area contributed by atoms with Crippen LogP contribution in [0.25, 0.3) is 11.0 Å². The summed E-state index contributed by atoms with van der Waals surface area (Å²) >= 11 is 3.31. The van der Waals surface area contributed by atoms with Crippen LogP contribution < -0.4 is 0 Å². The van der Waals surface area contributed by atoms with Crippen molar-refractivity contribution in [2.45, 2.75) is 24.0 Å². The molecule has 0 radical (unpaired) electrons. The number of hydrogen-bond donors (Lipinski definition) is 1. The van der Waals surface area contributed by atoms with E-state index in [1.165, 1.54) is 23.3 Å². The molecule has 0 unspecified atom stereocenters. The van der Waals surface area contributed by atoms with Crippen LogP contribution in [0, 0.1) is 0 Å². The van der Waals surface area contributed by atoms with Gasteiger partial charge >= 0.3 is 5.97 Å². The van der Waals surface area contributed by atoms with E-state index in [1.54, 1.807) is 0 Å². The van der Waals surface area contributed by atoms with Gasteiger partial charge in [-0.05, 0) is 36.5 Å². The highest BCUT2D eigenvalue weighted by atomic mass is 32.2. The Labute approximate surface area is 126 Å². The molecule has 4 nitrogen and oxygen atoms in total. The van der Waals surface area contributed by atoms with Crippen LogP contribution >= 0.6 is 23.5 Å². The van der Waals surface area contributed by atoms with Crippen molar-refractivity contribution >= 4 is 40.5 Å². The number of carboxylic acid groups (broad SMARTS) is 1. The van der Waals surface area contributed by atoms with Crippen molar-refractivity contribution < 1.29 is 9.90 Å². The average molecular weight is 308 g/mol. The Balaban J connectivity index is 2.00. The van der Waals surface area contributed by atoms with Gasteiger partial charge in [0.15, 0.2) is 5.16 Å². The summed E-state index contributed by atoms with van der Waals surface area (Å²) in [5.41, 5.74) is 2.08. The fourth-order valence-electron chi connectivity index (χ4n) is 2.55. The summed E-state index contributed by atoms with van der Waals surface area (Å²) in [4.78, 5) is 15.4. The molecule has 0 aliphatic carbocycles. The third kappa shape index (κ3) is 2.81. The Morgan fingerprint density at radius 2 is 2.15 bits per heavy atom. The lowest BCUT2D eigenvalue weighted by Crippen LogP contribution is -2.16. The van der Waals surface area contributed by atoms with E-state index in [4.69, 9.17) is 5.11 Å². The van der Waals surface area contributed by atoms with E-state index in [1.807, 2.05) is 30.0 Å². The molecule has 6 heteroatoms. The summed E-state index contributed by atoms with van der Waals surface area (Å²) in [6.45, 7) is 0. The molecule has 0 saturated carbocycles. The second-order valence-corrected chi connectivity index (χ2v) is 6.95. The maximum absolute atomic E-state index is 10.8. The molecule has 0 amide bonds. The number of para-hydroxylation sites is 2. The van der Waals surface area contributed by atoms with Gasteiger partial charge in [-0.3, -0.25) is 4.79 Å². The minimum atomic E-state index is -0.798. The quantitative estimate of drug-likeness (QED) is 0.878. The first kappa shape index (κ1) is 13.8. The number of aromatic nitrogens is 2. The van der Waals surface area contributed by atoms with Gasteiger partial charge in [-0.25, -0.2) is 4.98 Å². The molecule has 20 heavy (non-hydrogen) atoms. The number of carboxylic acids is 1. The molecule has 2 heterocycles. The van der Waals surface area contributed by atoms with Gasteiger partial charge in [0.05, 0.1) is 16.8 Å². The minimum Gasteiger partial charge on any atom is -0.481 e. The van der Waals surface area contributed by atoms with Gasteiger partial charge in [0.2, 0.25) is 0 Å². The SMILES string of the molecule is O=C(O)CSc1nc2ccccc2n1C1CCSCC1. The number of thioether (sulfide) groups is 2. The standard InChI is InChI=1S/C14H16N2O2S2/c17-13(18)9-20-14-15-11-3-1-2-4-12(11)16(14)10-5-7-19-8-6-10/h1-4,10H,5-9H2,(H,17,18). The van der Waals surface area contributed by atoms with Crippen molar-refractivity contribution in [2.24, 2.45) is 0 Å². The minimum absolute atomic E-state index is 0.0603. The summed E-state index contributed by atoms with van der Waals surface area (Å²) < 4.78 is 2.25. The molecule has 0 spiro atoms. The number of hydrogen-bond acceptors (Lipinski definition) is 4. The zero-order chi connectivity index (χ0) is 13.9. The zero-order valence-corrected chi connectivity index (χ0v) is 12.6. The van der Waals surface area contributed by atoms with Gasteiger partial charge in [0, 0.05) is 6.04 Å². The highest BCUT2D eigenvalue weighted by Gasteiger charge is 2.22. The molecule has 1 N–H and O–H groups in total. The number of benzene rings is 1. The molecule has 1 aromatic carbocycles. The predicted octanol–water partition coefficient (Wildman–Crippen LogP) is 3.28. The van der Waals surface area contributed by atoms with E-state index in [0.29, 0.717) is 6.04 Å². The van der Waals surface area contributed by atoms with E-state index >= 15 is 0 Å². The molecule has 1 aliphatic rings. The van der Waals surface area contributed by atoms with Crippen LogP contribution in [0.15, 0.2) is 29.4 Å². The maximum Gasteiger partial charge on any atom is 0.313 e.